The smallest absolute Gasteiger partial charge is 0.138 e. The zero-order chi connectivity index (χ0) is 22.7. The maximum absolute atomic E-state index is 2.64. The highest BCUT2D eigenvalue weighted by Crippen LogP contribution is 2.39. The maximum atomic E-state index is 2.64. The van der Waals surface area contributed by atoms with Gasteiger partial charge >= 0.3 is 0 Å². The highest BCUT2D eigenvalue weighted by atomic mass is 32.2. The van der Waals surface area contributed by atoms with Crippen molar-refractivity contribution in [3.05, 3.63) is 72.8 Å². The Hall–Kier alpha value is -1.16. The fourth-order valence-electron chi connectivity index (χ4n) is 4.56. The zero-order valence-electron chi connectivity index (χ0n) is 19.7. The second kappa shape index (κ2) is 7.96. The third kappa shape index (κ3) is 3.60. The van der Waals surface area contributed by atoms with E-state index in [1.165, 1.54) is 10.4 Å². The van der Waals surface area contributed by atoms with Crippen molar-refractivity contribution in [3.8, 4) is 0 Å². The Labute approximate surface area is 207 Å². The average Bonchev–Trinajstić information content (AvgIpc) is 3.38. The number of rotatable bonds is 4. The Morgan fingerprint density at radius 3 is 1.28 bits per heavy atom. The lowest BCUT2D eigenvalue weighted by atomic mass is 10.4. The van der Waals surface area contributed by atoms with E-state index in [2.05, 4.69) is 147 Å². The minimum atomic E-state index is -2.35. The summed E-state index contributed by atoms with van der Waals surface area (Å²) in [4.78, 5) is 0. The van der Waals surface area contributed by atoms with Crippen LogP contribution in [0.3, 0.4) is 0 Å². The van der Waals surface area contributed by atoms with E-state index in [0.29, 0.717) is 0 Å². The van der Waals surface area contributed by atoms with Crippen LogP contribution >= 0.6 is 34.4 Å². The van der Waals surface area contributed by atoms with Crippen molar-refractivity contribution in [2.75, 3.05) is 0 Å². The van der Waals surface area contributed by atoms with Crippen LogP contribution in [-0.4, -0.2) is 24.2 Å². The van der Waals surface area contributed by atoms with E-state index in [0.717, 1.165) is 0 Å². The molecule has 0 unspecified atom stereocenters. The molecule has 0 radical (unpaired) electrons. The van der Waals surface area contributed by atoms with Gasteiger partial charge in [0.05, 0.1) is 24.6 Å². The number of thiophene rings is 2. The summed E-state index contributed by atoms with van der Waals surface area (Å²) in [5.74, 6) is 0. The Bertz CT molecular complexity index is 1160. The molecule has 6 heteroatoms. The molecule has 1 aliphatic rings. The standard InChI is InChI=1S/C26H30S3Si3/c1-30(2,3)23-17-21-25(27-23)29-26-22(18-24(28-26)31(4,5)6)32(21,19-13-9-7-10-14-19)20-15-11-8-12-16-20/h7-18H,1-6H3. The van der Waals surface area contributed by atoms with Crippen molar-refractivity contribution in [2.45, 2.75) is 47.7 Å². The number of benzene rings is 2. The van der Waals surface area contributed by atoms with E-state index in [1.54, 1.807) is 27.8 Å². The minimum Gasteiger partial charge on any atom is -0.138 e. The summed E-state index contributed by atoms with van der Waals surface area (Å²) in [6.07, 6.45) is 0. The SMILES string of the molecule is C[Si](C)(C)c1cc2c(s1)Sc1sc([Si](C)(C)C)cc1[Si]2(c1ccccc1)c1ccccc1. The first-order chi connectivity index (χ1) is 15.1. The molecule has 0 bridgehead atoms. The first-order valence-corrected chi connectivity index (χ1v) is 22.7. The van der Waals surface area contributed by atoms with Gasteiger partial charge in [0, 0.05) is 0 Å². The van der Waals surface area contributed by atoms with E-state index < -0.39 is 24.2 Å². The van der Waals surface area contributed by atoms with Crippen molar-refractivity contribution >= 4 is 88.4 Å². The van der Waals surface area contributed by atoms with Crippen LogP contribution in [0, 0.1) is 0 Å². The number of fused-ring (bicyclic) bond motifs is 2. The van der Waals surface area contributed by atoms with Crippen LogP contribution in [0.4, 0.5) is 0 Å². The first kappa shape index (κ1) is 22.6. The molecular formula is C26H30S3Si3. The largest absolute Gasteiger partial charge is 0.183 e. The molecule has 0 amide bonds. The Kier molecular flexibility index (Phi) is 5.63. The van der Waals surface area contributed by atoms with Crippen LogP contribution in [0.15, 0.2) is 81.2 Å². The van der Waals surface area contributed by atoms with E-state index in [4.69, 9.17) is 0 Å². The summed E-state index contributed by atoms with van der Waals surface area (Å²) in [5, 5.41) is 6.31. The molecule has 4 aromatic rings. The van der Waals surface area contributed by atoms with Crippen LogP contribution in [0.5, 0.6) is 0 Å². The average molecular weight is 523 g/mol. The summed E-state index contributed by atoms with van der Waals surface area (Å²) in [6, 6.07) is 28.2. The molecule has 0 fully saturated rings. The Morgan fingerprint density at radius 2 is 0.938 bits per heavy atom. The lowest BCUT2D eigenvalue weighted by molar-refractivity contribution is 1.62. The van der Waals surface area contributed by atoms with Gasteiger partial charge in [0.15, 0.2) is 8.07 Å². The molecule has 0 nitrogen and oxygen atoms in total. The molecule has 2 aromatic heterocycles. The molecule has 3 heterocycles. The molecule has 5 rings (SSSR count). The van der Waals surface area contributed by atoms with Crippen molar-refractivity contribution in [1.29, 1.82) is 0 Å². The van der Waals surface area contributed by atoms with E-state index in [9.17, 15) is 0 Å². The molecule has 0 spiro atoms. The second-order valence-corrected chi connectivity index (χ2v) is 28.9. The molecule has 0 N–H and O–H groups in total. The molecule has 32 heavy (non-hydrogen) atoms. The van der Waals surface area contributed by atoms with Crippen LogP contribution in [0.1, 0.15) is 0 Å². The highest BCUT2D eigenvalue weighted by molar-refractivity contribution is 8.04. The molecule has 2 aromatic carbocycles. The van der Waals surface area contributed by atoms with Gasteiger partial charge in [-0.1, -0.05) is 124 Å². The van der Waals surface area contributed by atoms with Crippen LogP contribution < -0.4 is 29.7 Å². The summed E-state index contributed by atoms with van der Waals surface area (Å²) in [5.41, 5.74) is 0. The van der Waals surface area contributed by atoms with Crippen molar-refractivity contribution < 1.29 is 0 Å². The minimum absolute atomic E-state index is 1.40. The second-order valence-electron chi connectivity index (χ2n) is 10.7. The van der Waals surface area contributed by atoms with Crippen LogP contribution in [-0.2, 0) is 0 Å². The Balaban J connectivity index is 1.92. The van der Waals surface area contributed by atoms with E-state index >= 15 is 0 Å². The predicted octanol–water partition coefficient (Wildman–Crippen LogP) is 4.74. The molecule has 164 valence electrons. The van der Waals surface area contributed by atoms with Gasteiger partial charge in [0.1, 0.15) is 0 Å². The molecule has 0 saturated carbocycles. The van der Waals surface area contributed by atoms with Gasteiger partial charge in [0.2, 0.25) is 0 Å². The van der Waals surface area contributed by atoms with Gasteiger partial charge < -0.3 is 0 Å². The lowest BCUT2D eigenvalue weighted by Crippen LogP contribution is -2.76. The monoisotopic (exact) mass is 522 g/mol. The lowest BCUT2D eigenvalue weighted by Gasteiger charge is -2.36. The van der Waals surface area contributed by atoms with Crippen LogP contribution in [0.2, 0.25) is 39.3 Å². The summed E-state index contributed by atoms with van der Waals surface area (Å²) >= 11 is 6.25. The molecule has 0 saturated heterocycles. The third-order valence-corrected chi connectivity index (χ3v) is 22.6. The molecule has 1 aliphatic heterocycles. The normalized spacial score (nSPS) is 15.3. The molecular weight excluding hydrogens is 493 g/mol. The predicted molar refractivity (Wildman–Crippen MR) is 156 cm³/mol. The van der Waals surface area contributed by atoms with Gasteiger partial charge in [-0.3, -0.25) is 0 Å². The van der Waals surface area contributed by atoms with Gasteiger partial charge in [-0.05, 0) is 29.7 Å². The molecule has 0 aliphatic carbocycles. The quantitative estimate of drug-likeness (QED) is 0.307. The molecule has 0 atom stereocenters. The van der Waals surface area contributed by atoms with E-state index in [-0.39, 0.29) is 0 Å². The fourth-order valence-corrected chi connectivity index (χ4v) is 19.9. The first-order valence-electron chi connectivity index (χ1n) is 11.2. The van der Waals surface area contributed by atoms with Gasteiger partial charge in [-0.15, -0.1) is 22.7 Å². The Morgan fingerprint density at radius 1 is 0.562 bits per heavy atom. The fraction of sp³-hybridized carbons (Fsp3) is 0.231. The topological polar surface area (TPSA) is 0 Å². The van der Waals surface area contributed by atoms with Crippen LogP contribution in [0.25, 0.3) is 0 Å². The summed E-state index contributed by atoms with van der Waals surface area (Å²) in [6.45, 7) is 14.9. The van der Waals surface area contributed by atoms with Gasteiger partial charge in [-0.2, -0.15) is 0 Å². The van der Waals surface area contributed by atoms with Crippen molar-refractivity contribution in [1.82, 2.24) is 0 Å². The van der Waals surface area contributed by atoms with Crippen molar-refractivity contribution in [2.24, 2.45) is 0 Å². The van der Waals surface area contributed by atoms with Gasteiger partial charge in [0.25, 0.3) is 0 Å². The van der Waals surface area contributed by atoms with Crippen molar-refractivity contribution in [3.63, 3.8) is 0 Å². The third-order valence-electron chi connectivity index (χ3n) is 6.28. The van der Waals surface area contributed by atoms with E-state index in [1.807, 2.05) is 0 Å². The number of hydrogen-bond acceptors (Lipinski definition) is 3. The maximum Gasteiger partial charge on any atom is 0.183 e. The zero-order valence-corrected chi connectivity index (χ0v) is 25.1. The van der Waals surface area contributed by atoms with Gasteiger partial charge in [-0.25, -0.2) is 0 Å². The summed E-state index contributed by atoms with van der Waals surface area (Å²) in [7, 11) is -5.15. The summed E-state index contributed by atoms with van der Waals surface area (Å²) < 4.78 is 6.38. The number of hydrogen-bond donors (Lipinski definition) is 0. The highest BCUT2D eigenvalue weighted by Gasteiger charge is 2.49.